The van der Waals surface area contributed by atoms with E-state index in [1.165, 1.54) is 52.0 Å². The van der Waals surface area contributed by atoms with Crippen LogP contribution >= 0.6 is 0 Å². The summed E-state index contributed by atoms with van der Waals surface area (Å²) < 4.78 is 11.2. The minimum Gasteiger partial charge on any atom is -0.497 e. The maximum absolute atomic E-state index is 5.97. The molecule has 0 bridgehead atoms. The minimum absolute atomic E-state index is 0.689. The van der Waals surface area contributed by atoms with Crippen LogP contribution in [0.1, 0.15) is 33.1 Å². The van der Waals surface area contributed by atoms with Crippen molar-refractivity contribution in [2.75, 3.05) is 46.4 Å². The number of rotatable bonds is 7. The lowest BCUT2D eigenvalue weighted by Crippen LogP contribution is -2.39. The second-order valence-corrected chi connectivity index (χ2v) is 7.97. The highest BCUT2D eigenvalue weighted by Crippen LogP contribution is 2.24. The summed E-state index contributed by atoms with van der Waals surface area (Å²) >= 11 is 0. The summed E-state index contributed by atoms with van der Waals surface area (Å²) in [7, 11) is 1.69. The van der Waals surface area contributed by atoms with Gasteiger partial charge in [0.1, 0.15) is 11.5 Å². The van der Waals surface area contributed by atoms with Crippen LogP contribution in [0.4, 0.5) is 0 Å². The van der Waals surface area contributed by atoms with Crippen molar-refractivity contribution in [3.05, 3.63) is 24.3 Å². The maximum Gasteiger partial charge on any atom is 0.119 e. The second kappa shape index (κ2) is 8.91. The standard InChI is InChI=1S/C21H34N2O2/c1-17(2)23-13-10-19(15-23)14-22-11-8-18(9-12-22)16-25-21-6-4-20(24-3)5-7-21/h4-7,17-19H,8-16H2,1-3H3. The van der Waals surface area contributed by atoms with Crippen LogP contribution in [0.3, 0.4) is 0 Å². The Morgan fingerprint density at radius 3 is 2.20 bits per heavy atom. The molecule has 2 fully saturated rings. The van der Waals surface area contributed by atoms with Gasteiger partial charge in [0.05, 0.1) is 13.7 Å². The number of methoxy groups -OCH3 is 1. The first-order valence-electron chi connectivity index (χ1n) is 9.87. The van der Waals surface area contributed by atoms with E-state index in [9.17, 15) is 0 Å². The van der Waals surface area contributed by atoms with Crippen molar-refractivity contribution in [3.8, 4) is 11.5 Å². The number of likely N-dealkylation sites (tertiary alicyclic amines) is 2. The molecule has 1 atom stereocenters. The van der Waals surface area contributed by atoms with E-state index < -0.39 is 0 Å². The topological polar surface area (TPSA) is 24.9 Å². The van der Waals surface area contributed by atoms with Gasteiger partial charge < -0.3 is 19.3 Å². The third kappa shape index (κ3) is 5.35. The fourth-order valence-electron chi connectivity index (χ4n) is 4.07. The van der Waals surface area contributed by atoms with Crippen molar-refractivity contribution >= 4 is 0 Å². The number of benzene rings is 1. The second-order valence-electron chi connectivity index (χ2n) is 7.97. The highest BCUT2D eigenvalue weighted by molar-refractivity contribution is 5.31. The molecule has 0 spiro atoms. The lowest BCUT2D eigenvalue weighted by Gasteiger charge is -2.33. The molecule has 2 aliphatic rings. The van der Waals surface area contributed by atoms with Crippen LogP contribution in [0.25, 0.3) is 0 Å². The average Bonchev–Trinajstić information content (AvgIpc) is 3.10. The molecule has 0 saturated carbocycles. The predicted molar refractivity (Wildman–Crippen MR) is 102 cm³/mol. The Hall–Kier alpha value is -1.26. The van der Waals surface area contributed by atoms with Crippen LogP contribution in [0.2, 0.25) is 0 Å². The van der Waals surface area contributed by atoms with E-state index in [1.807, 2.05) is 24.3 Å². The molecule has 0 aliphatic carbocycles. The van der Waals surface area contributed by atoms with E-state index in [0.29, 0.717) is 12.0 Å². The Morgan fingerprint density at radius 2 is 1.60 bits per heavy atom. The normalized spacial score (nSPS) is 23.3. The van der Waals surface area contributed by atoms with Crippen molar-refractivity contribution < 1.29 is 9.47 Å². The Morgan fingerprint density at radius 1 is 0.960 bits per heavy atom. The fourth-order valence-corrected chi connectivity index (χ4v) is 4.07. The molecule has 3 rings (SSSR count). The first-order valence-corrected chi connectivity index (χ1v) is 9.87. The molecule has 1 aromatic carbocycles. The Labute approximate surface area is 153 Å². The van der Waals surface area contributed by atoms with Crippen LogP contribution in [0.5, 0.6) is 11.5 Å². The number of hydrogen-bond donors (Lipinski definition) is 0. The van der Waals surface area contributed by atoms with E-state index in [2.05, 4.69) is 23.6 Å². The summed E-state index contributed by atoms with van der Waals surface area (Å²) in [5, 5.41) is 0. The van der Waals surface area contributed by atoms with E-state index in [0.717, 1.165) is 24.0 Å². The van der Waals surface area contributed by atoms with Crippen molar-refractivity contribution in [2.45, 2.75) is 39.2 Å². The molecule has 2 saturated heterocycles. The molecular weight excluding hydrogens is 312 g/mol. The number of nitrogens with zero attached hydrogens (tertiary/aromatic N) is 2. The van der Waals surface area contributed by atoms with Crippen molar-refractivity contribution in [1.29, 1.82) is 0 Å². The maximum atomic E-state index is 5.97. The summed E-state index contributed by atoms with van der Waals surface area (Å²) in [5.74, 6) is 3.38. The molecule has 4 nitrogen and oxygen atoms in total. The largest absolute Gasteiger partial charge is 0.497 e. The quantitative estimate of drug-likeness (QED) is 0.754. The van der Waals surface area contributed by atoms with Gasteiger partial charge in [0.15, 0.2) is 0 Å². The van der Waals surface area contributed by atoms with E-state index >= 15 is 0 Å². The third-order valence-corrected chi connectivity index (χ3v) is 5.82. The van der Waals surface area contributed by atoms with Gasteiger partial charge in [0.2, 0.25) is 0 Å². The number of hydrogen-bond acceptors (Lipinski definition) is 4. The molecule has 1 aromatic rings. The average molecular weight is 347 g/mol. The highest BCUT2D eigenvalue weighted by atomic mass is 16.5. The Bertz CT molecular complexity index is 509. The van der Waals surface area contributed by atoms with E-state index in [1.54, 1.807) is 7.11 Å². The van der Waals surface area contributed by atoms with Crippen LogP contribution in [0.15, 0.2) is 24.3 Å². The third-order valence-electron chi connectivity index (χ3n) is 5.82. The minimum atomic E-state index is 0.689. The summed E-state index contributed by atoms with van der Waals surface area (Å²) in [6.07, 6.45) is 3.90. The van der Waals surface area contributed by atoms with Crippen molar-refractivity contribution in [2.24, 2.45) is 11.8 Å². The molecule has 0 amide bonds. The highest BCUT2D eigenvalue weighted by Gasteiger charge is 2.27. The number of ether oxygens (including phenoxy) is 2. The van der Waals surface area contributed by atoms with Gasteiger partial charge in [-0.1, -0.05) is 0 Å². The van der Waals surface area contributed by atoms with Crippen LogP contribution in [-0.2, 0) is 0 Å². The van der Waals surface area contributed by atoms with Gasteiger partial charge in [-0.25, -0.2) is 0 Å². The van der Waals surface area contributed by atoms with Gasteiger partial charge in [0.25, 0.3) is 0 Å². The van der Waals surface area contributed by atoms with Gasteiger partial charge >= 0.3 is 0 Å². The SMILES string of the molecule is COc1ccc(OCC2CCN(CC3CCN(C(C)C)C3)CC2)cc1. The summed E-state index contributed by atoms with van der Waals surface area (Å²) in [6, 6.07) is 8.61. The van der Waals surface area contributed by atoms with E-state index in [-0.39, 0.29) is 0 Å². The fraction of sp³-hybridized carbons (Fsp3) is 0.714. The Kier molecular flexibility index (Phi) is 6.60. The van der Waals surface area contributed by atoms with Gasteiger partial charge in [-0.15, -0.1) is 0 Å². The molecule has 2 aliphatic heterocycles. The zero-order valence-corrected chi connectivity index (χ0v) is 16.1. The van der Waals surface area contributed by atoms with Crippen molar-refractivity contribution in [3.63, 3.8) is 0 Å². The molecule has 25 heavy (non-hydrogen) atoms. The first kappa shape index (κ1) is 18.5. The molecule has 2 heterocycles. The zero-order valence-electron chi connectivity index (χ0n) is 16.1. The Balaban J connectivity index is 1.34. The van der Waals surface area contributed by atoms with Gasteiger partial charge in [-0.2, -0.15) is 0 Å². The molecule has 1 unspecified atom stereocenters. The van der Waals surface area contributed by atoms with E-state index in [4.69, 9.17) is 9.47 Å². The van der Waals surface area contributed by atoms with Gasteiger partial charge in [-0.3, -0.25) is 0 Å². The smallest absolute Gasteiger partial charge is 0.119 e. The predicted octanol–water partition coefficient (Wildman–Crippen LogP) is 3.52. The first-order chi connectivity index (χ1) is 12.1. The van der Waals surface area contributed by atoms with Crippen LogP contribution in [0, 0.1) is 11.8 Å². The monoisotopic (exact) mass is 346 g/mol. The lowest BCUT2D eigenvalue weighted by atomic mass is 9.96. The summed E-state index contributed by atoms with van der Waals surface area (Å²) in [4.78, 5) is 5.30. The molecule has 140 valence electrons. The van der Waals surface area contributed by atoms with Crippen LogP contribution in [-0.4, -0.2) is 62.3 Å². The van der Waals surface area contributed by atoms with Gasteiger partial charge in [0, 0.05) is 19.1 Å². The summed E-state index contributed by atoms with van der Waals surface area (Å²) in [5.41, 5.74) is 0. The molecule has 0 radical (unpaired) electrons. The van der Waals surface area contributed by atoms with Gasteiger partial charge in [-0.05, 0) is 88.8 Å². The molecule has 0 aromatic heterocycles. The number of piperidine rings is 1. The van der Waals surface area contributed by atoms with Crippen LogP contribution < -0.4 is 9.47 Å². The molecule has 4 heteroatoms. The van der Waals surface area contributed by atoms with Crippen molar-refractivity contribution in [1.82, 2.24) is 9.80 Å². The lowest BCUT2D eigenvalue weighted by molar-refractivity contribution is 0.126. The molecule has 0 N–H and O–H groups in total. The zero-order chi connectivity index (χ0) is 17.6. The summed E-state index contributed by atoms with van der Waals surface area (Å²) in [6.45, 7) is 11.8. The molecular formula is C21H34N2O2.